The molecule has 4 aliphatic heterocycles. The highest BCUT2D eigenvalue weighted by Gasteiger charge is 2.75. The van der Waals surface area contributed by atoms with E-state index >= 15 is 0 Å². The van der Waals surface area contributed by atoms with Crippen molar-refractivity contribution in [2.75, 3.05) is 24.6 Å². The smallest absolute Gasteiger partial charge is 0.253 e. The fraction of sp³-hybridized carbons (Fsp3) is 0.343. The lowest BCUT2D eigenvalue weighted by molar-refractivity contribution is -0.151. The van der Waals surface area contributed by atoms with Crippen molar-refractivity contribution in [3.8, 4) is 0 Å². The first-order valence-electron chi connectivity index (χ1n) is 14.9. The average Bonchev–Trinajstić information content (AvgIpc) is 3.30. The van der Waals surface area contributed by atoms with Gasteiger partial charge in [-0.05, 0) is 42.3 Å². The summed E-state index contributed by atoms with van der Waals surface area (Å²) in [7, 11) is 0. The molecular weight excluding hydrogens is 542 g/mol. The number of fused-ring (bicyclic) bond motifs is 3. The van der Waals surface area contributed by atoms with Gasteiger partial charge in [-0.15, -0.1) is 0 Å². The monoisotopic (exact) mass is 577 g/mol. The van der Waals surface area contributed by atoms with Crippen LogP contribution in [-0.4, -0.2) is 75.6 Å². The zero-order valence-corrected chi connectivity index (χ0v) is 24.3. The minimum Gasteiger partial charge on any atom is -0.394 e. The summed E-state index contributed by atoms with van der Waals surface area (Å²) in [5.74, 6) is -2.59. The van der Waals surface area contributed by atoms with Crippen LogP contribution in [0.15, 0.2) is 97.1 Å². The van der Waals surface area contributed by atoms with E-state index in [4.69, 9.17) is 4.74 Å². The molecule has 0 aromatic heterocycles. The highest BCUT2D eigenvalue weighted by Crippen LogP contribution is 2.58. The second-order valence-corrected chi connectivity index (χ2v) is 12.3. The molecule has 4 aliphatic rings. The Labute approximate surface area is 250 Å². The van der Waals surface area contributed by atoms with E-state index in [0.29, 0.717) is 18.8 Å². The van der Waals surface area contributed by atoms with Gasteiger partial charge in [-0.3, -0.25) is 14.4 Å². The third kappa shape index (κ3) is 4.15. The molecule has 3 aromatic rings. The fourth-order valence-electron chi connectivity index (χ4n) is 7.60. The fourth-order valence-corrected chi connectivity index (χ4v) is 7.60. The molecule has 0 bridgehead atoms. The van der Waals surface area contributed by atoms with Crippen LogP contribution < -0.4 is 4.90 Å². The van der Waals surface area contributed by atoms with Gasteiger partial charge in [0.1, 0.15) is 11.6 Å². The van der Waals surface area contributed by atoms with Gasteiger partial charge < -0.3 is 24.5 Å². The number of anilines is 1. The molecule has 4 heterocycles. The van der Waals surface area contributed by atoms with Gasteiger partial charge in [0.05, 0.1) is 30.1 Å². The van der Waals surface area contributed by atoms with Crippen molar-refractivity contribution in [1.82, 2.24) is 9.80 Å². The molecule has 0 radical (unpaired) electrons. The molecular formula is C35H35N3O5. The van der Waals surface area contributed by atoms with Crippen molar-refractivity contribution in [2.45, 2.75) is 43.7 Å². The summed E-state index contributed by atoms with van der Waals surface area (Å²) >= 11 is 0. The summed E-state index contributed by atoms with van der Waals surface area (Å²) in [4.78, 5) is 48.4. The normalized spacial score (nSPS) is 30.7. The van der Waals surface area contributed by atoms with Crippen LogP contribution in [0.5, 0.6) is 0 Å². The lowest BCUT2D eigenvalue weighted by Gasteiger charge is -2.39. The van der Waals surface area contributed by atoms with E-state index in [1.165, 1.54) is 4.90 Å². The van der Waals surface area contributed by atoms with E-state index < -0.39 is 35.1 Å². The van der Waals surface area contributed by atoms with E-state index in [1.54, 1.807) is 16.7 Å². The first-order chi connectivity index (χ1) is 20.8. The van der Waals surface area contributed by atoms with Crippen LogP contribution in [0.25, 0.3) is 10.8 Å². The second-order valence-electron chi connectivity index (χ2n) is 12.3. The van der Waals surface area contributed by atoms with E-state index in [9.17, 15) is 19.5 Å². The molecule has 0 saturated carbocycles. The summed E-state index contributed by atoms with van der Waals surface area (Å²) in [5, 5.41) is 12.3. The van der Waals surface area contributed by atoms with Gasteiger partial charge in [0, 0.05) is 25.3 Å². The van der Waals surface area contributed by atoms with Crippen molar-refractivity contribution in [1.29, 1.82) is 0 Å². The van der Waals surface area contributed by atoms with Crippen LogP contribution in [0.1, 0.15) is 19.4 Å². The van der Waals surface area contributed by atoms with Crippen LogP contribution >= 0.6 is 0 Å². The van der Waals surface area contributed by atoms with Crippen LogP contribution in [0, 0.1) is 11.8 Å². The van der Waals surface area contributed by atoms with Gasteiger partial charge in [0.25, 0.3) is 5.91 Å². The summed E-state index contributed by atoms with van der Waals surface area (Å²) in [6.07, 6.45) is 7.54. The molecule has 7 rings (SSSR count). The van der Waals surface area contributed by atoms with Crippen molar-refractivity contribution in [2.24, 2.45) is 11.8 Å². The standard InChI is InChI=1S/C35H35N3O5/c1-23(22-39)38-30-33(42)37(27-15-14-25-12-6-7-13-26(25)20-27)19-9-17-35(30)29(32(38)41)28-31(40)36(18-8-16-34(28,2)43-35)21-24-10-4-3-5-11-24/h3-17,20,23,28-30,39H,18-19,21-22H2,1-2H3/t23-,28-,29+,30?,34+,35+/m1/s1. The van der Waals surface area contributed by atoms with E-state index in [0.717, 1.165) is 16.3 Å². The van der Waals surface area contributed by atoms with Crippen LogP contribution in [0.2, 0.25) is 0 Å². The number of hydrogen-bond donors (Lipinski definition) is 1. The Morgan fingerprint density at radius 1 is 0.860 bits per heavy atom. The number of nitrogens with zero attached hydrogens (tertiary/aromatic N) is 3. The maximum atomic E-state index is 14.7. The van der Waals surface area contributed by atoms with Crippen molar-refractivity contribution >= 4 is 34.2 Å². The molecule has 3 amide bonds. The molecule has 220 valence electrons. The summed E-state index contributed by atoms with van der Waals surface area (Å²) < 4.78 is 6.90. The van der Waals surface area contributed by atoms with E-state index in [1.807, 2.05) is 104 Å². The Hall–Kier alpha value is -4.27. The molecule has 1 unspecified atom stereocenters. The molecule has 3 aromatic carbocycles. The molecule has 0 aliphatic carbocycles. The maximum absolute atomic E-state index is 14.7. The minimum atomic E-state index is -1.38. The zero-order chi connectivity index (χ0) is 29.9. The predicted molar refractivity (Wildman–Crippen MR) is 163 cm³/mol. The van der Waals surface area contributed by atoms with Gasteiger partial charge in [0.2, 0.25) is 11.8 Å². The van der Waals surface area contributed by atoms with Gasteiger partial charge in [0.15, 0.2) is 0 Å². The molecule has 8 nitrogen and oxygen atoms in total. The van der Waals surface area contributed by atoms with E-state index in [2.05, 4.69) is 0 Å². The first-order valence-corrected chi connectivity index (χ1v) is 14.9. The number of ether oxygens (including phenoxy) is 1. The van der Waals surface area contributed by atoms with Crippen LogP contribution in [0.3, 0.4) is 0 Å². The number of rotatable bonds is 5. The first kappa shape index (κ1) is 27.6. The average molecular weight is 578 g/mol. The number of carbonyl (C=O) groups is 3. The van der Waals surface area contributed by atoms with E-state index in [-0.39, 0.29) is 30.9 Å². The van der Waals surface area contributed by atoms with Crippen molar-refractivity contribution in [3.63, 3.8) is 0 Å². The molecule has 8 heteroatoms. The third-order valence-corrected chi connectivity index (χ3v) is 9.58. The molecule has 2 saturated heterocycles. The van der Waals surface area contributed by atoms with Crippen molar-refractivity contribution in [3.05, 3.63) is 103 Å². The summed E-state index contributed by atoms with van der Waals surface area (Å²) in [6.45, 7) is 4.32. The van der Waals surface area contributed by atoms with Crippen LogP contribution in [0.4, 0.5) is 5.69 Å². The van der Waals surface area contributed by atoms with Crippen molar-refractivity contribution < 1.29 is 24.2 Å². The topological polar surface area (TPSA) is 90.4 Å². The SMILES string of the molecule is C[C@H](CO)N1C(=O)[C@@H]2[C@@H]3C(=O)N(Cc4ccccc4)CC=C[C@]3(C)O[C@@]23C=CCN(c2ccc4ccccc4c2)C(=O)C13. The Kier molecular flexibility index (Phi) is 6.52. The minimum absolute atomic E-state index is 0.180. The molecule has 43 heavy (non-hydrogen) atoms. The lowest BCUT2D eigenvalue weighted by atomic mass is 9.74. The molecule has 1 N–H and O–H groups in total. The van der Waals surface area contributed by atoms with Crippen LogP contribution in [-0.2, 0) is 25.7 Å². The number of amides is 3. The number of likely N-dealkylation sites (tertiary alicyclic amines) is 1. The van der Waals surface area contributed by atoms with Gasteiger partial charge in [-0.1, -0.05) is 85.0 Å². The number of aliphatic hydroxyl groups is 1. The number of aliphatic hydroxyl groups excluding tert-OH is 1. The molecule has 1 spiro atoms. The highest BCUT2D eigenvalue weighted by atomic mass is 16.5. The van der Waals surface area contributed by atoms with Gasteiger partial charge >= 0.3 is 0 Å². The quantitative estimate of drug-likeness (QED) is 0.468. The largest absolute Gasteiger partial charge is 0.394 e. The highest BCUT2D eigenvalue weighted by molar-refractivity contribution is 6.06. The summed E-state index contributed by atoms with van der Waals surface area (Å²) in [5.41, 5.74) is -0.777. The Morgan fingerprint density at radius 2 is 1.58 bits per heavy atom. The third-order valence-electron chi connectivity index (χ3n) is 9.58. The Bertz CT molecular complexity index is 1670. The Balaban J connectivity index is 1.32. The Morgan fingerprint density at radius 3 is 2.35 bits per heavy atom. The number of benzene rings is 3. The lowest BCUT2D eigenvalue weighted by Crippen LogP contribution is -2.58. The number of hydrogen-bond acceptors (Lipinski definition) is 5. The number of carbonyl (C=O) groups excluding carboxylic acids is 3. The second kappa shape index (κ2) is 10.2. The zero-order valence-electron chi connectivity index (χ0n) is 24.3. The summed E-state index contributed by atoms with van der Waals surface area (Å²) in [6, 6.07) is 21.9. The predicted octanol–water partition coefficient (Wildman–Crippen LogP) is 3.69. The molecule has 2 fully saturated rings. The van der Waals surface area contributed by atoms with Gasteiger partial charge in [-0.2, -0.15) is 0 Å². The molecule has 6 atom stereocenters. The maximum Gasteiger partial charge on any atom is 0.253 e. The van der Waals surface area contributed by atoms with Gasteiger partial charge in [-0.25, -0.2) is 0 Å².